The van der Waals surface area contributed by atoms with Gasteiger partial charge in [0, 0.05) is 83.7 Å². The molecule has 0 saturated heterocycles. The lowest BCUT2D eigenvalue weighted by Crippen LogP contribution is -2.59. The molecule has 0 aliphatic carbocycles. The summed E-state index contributed by atoms with van der Waals surface area (Å²) in [6, 6.07) is 98.2. The quantitative estimate of drug-likeness (QED) is 0.153. The predicted octanol–water partition coefficient (Wildman–Crippen LogP) is 19.0. The number of anilines is 3. The molecule has 2 aliphatic rings. The molecule has 0 atom stereocenters. The number of aromatic nitrogens is 1. The fourth-order valence-corrected chi connectivity index (χ4v) is 16.3. The molecule has 5 heterocycles. The molecule has 0 saturated carbocycles. The molecule has 6 heteroatoms. The Morgan fingerprint density at radius 1 is 0.282 bits per heavy atom. The lowest BCUT2D eigenvalue weighted by Gasteiger charge is -2.41. The summed E-state index contributed by atoms with van der Waals surface area (Å²) >= 11 is 5.67. The zero-order chi connectivity index (χ0) is 51.0. The van der Waals surface area contributed by atoms with E-state index in [1.807, 2.05) is 34.4 Å². The van der Waals surface area contributed by atoms with Gasteiger partial charge in [0.15, 0.2) is 0 Å². The second-order valence-electron chi connectivity index (χ2n) is 20.8. The van der Waals surface area contributed by atoms with E-state index in [0.717, 1.165) is 11.4 Å². The highest BCUT2D eigenvalue weighted by Crippen LogP contribution is 2.48. The number of hydrogen-bond donors (Lipinski definition) is 0. The van der Waals surface area contributed by atoms with Gasteiger partial charge in [-0.1, -0.05) is 187 Å². The van der Waals surface area contributed by atoms with Gasteiger partial charge in [0.05, 0.1) is 11.0 Å². The van der Waals surface area contributed by atoms with Crippen molar-refractivity contribution in [2.45, 2.75) is 9.79 Å². The lowest BCUT2D eigenvalue weighted by molar-refractivity contribution is 1.15. The molecule has 0 amide bonds. The first-order valence-corrected chi connectivity index (χ1v) is 29.1. The minimum atomic E-state index is -0.0229. The number of hydrogen-bond acceptors (Lipinski definition) is 4. The van der Waals surface area contributed by atoms with Gasteiger partial charge in [0.1, 0.15) is 0 Å². The summed E-state index contributed by atoms with van der Waals surface area (Å²) in [5, 5.41) is 7.75. The van der Waals surface area contributed by atoms with Gasteiger partial charge in [-0.05, 0) is 146 Å². The molecule has 2 aliphatic heterocycles. The molecule has 0 N–H and O–H groups in total. The van der Waals surface area contributed by atoms with Crippen LogP contribution in [-0.2, 0) is 0 Å². The minimum Gasteiger partial charge on any atom is -0.311 e. The van der Waals surface area contributed by atoms with Crippen molar-refractivity contribution in [3.05, 3.63) is 261 Å². The molecule has 0 bridgehead atoms. The third-order valence-electron chi connectivity index (χ3n) is 16.4. The van der Waals surface area contributed by atoms with E-state index in [9.17, 15) is 0 Å². The monoisotopic (exact) mass is 1040 g/mol. The Morgan fingerprint density at radius 3 is 1.37 bits per heavy atom. The van der Waals surface area contributed by atoms with Crippen LogP contribution in [0.3, 0.4) is 0 Å². The topological polar surface area (TPSA) is 8.17 Å². The van der Waals surface area contributed by atoms with Crippen LogP contribution < -0.4 is 21.3 Å². The average molecular weight is 1040 g/mol. The Morgan fingerprint density at radius 2 is 0.769 bits per heavy atom. The normalized spacial score (nSPS) is 12.8. The van der Waals surface area contributed by atoms with Crippen molar-refractivity contribution in [1.29, 1.82) is 0 Å². The maximum Gasteiger partial charge on any atom is 0.249 e. The van der Waals surface area contributed by atoms with Crippen molar-refractivity contribution in [3.8, 4) is 50.2 Å². The SMILES string of the molecule is c1ccc(-c2cc(-c3ccccc3)cc(N3c4cc(-c5ccc6sc7ccccc7c6c5)ccc4B4c5ccc(-c6ccc7sc8ccccc8c7c6)cc5Sc5cc(-n6c7ccccc7c7ccccc76)cc3c54)c2)cc1. The molecule has 3 aromatic heterocycles. The number of nitrogens with zero attached hydrogens (tertiary/aromatic N) is 2. The minimum absolute atomic E-state index is 0.0229. The molecule has 0 spiro atoms. The van der Waals surface area contributed by atoms with Crippen molar-refractivity contribution in [2.24, 2.45) is 0 Å². The second-order valence-corrected chi connectivity index (χ2v) is 24.0. The van der Waals surface area contributed by atoms with Crippen LogP contribution in [0.1, 0.15) is 0 Å². The van der Waals surface area contributed by atoms with Crippen LogP contribution in [0.4, 0.5) is 17.1 Å². The van der Waals surface area contributed by atoms with Gasteiger partial charge in [-0.3, -0.25) is 0 Å². The van der Waals surface area contributed by atoms with Gasteiger partial charge in [-0.25, -0.2) is 0 Å². The number of fused-ring (bicyclic) bond motifs is 13. The highest BCUT2D eigenvalue weighted by molar-refractivity contribution is 8.00. The first-order valence-electron chi connectivity index (χ1n) is 26.7. The van der Waals surface area contributed by atoms with Gasteiger partial charge in [-0.15, -0.1) is 22.7 Å². The van der Waals surface area contributed by atoms with Crippen molar-refractivity contribution in [2.75, 3.05) is 4.90 Å². The van der Waals surface area contributed by atoms with E-state index < -0.39 is 0 Å². The smallest absolute Gasteiger partial charge is 0.249 e. The second kappa shape index (κ2) is 17.3. The van der Waals surface area contributed by atoms with E-state index in [0.29, 0.717) is 0 Å². The van der Waals surface area contributed by atoms with Crippen LogP contribution in [0.2, 0.25) is 0 Å². The predicted molar refractivity (Wildman–Crippen MR) is 338 cm³/mol. The molecule has 78 heavy (non-hydrogen) atoms. The molecule has 0 unspecified atom stereocenters. The molecule has 17 rings (SSSR count). The molecule has 0 fully saturated rings. The Balaban J connectivity index is 0.946. The third kappa shape index (κ3) is 6.83. The maximum absolute atomic E-state index is 2.61. The van der Waals surface area contributed by atoms with Crippen LogP contribution in [0.15, 0.2) is 271 Å². The van der Waals surface area contributed by atoms with Crippen molar-refractivity contribution >= 4 is 137 Å². The van der Waals surface area contributed by atoms with Crippen LogP contribution in [0, 0.1) is 0 Å². The molecule has 362 valence electrons. The van der Waals surface area contributed by atoms with Gasteiger partial charge < -0.3 is 9.47 Å². The molecule has 0 radical (unpaired) electrons. The van der Waals surface area contributed by atoms with Gasteiger partial charge >= 0.3 is 0 Å². The van der Waals surface area contributed by atoms with E-state index in [4.69, 9.17) is 0 Å². The largest absolute Gasteiger partial charge is 0.311 e. The highest BCUT2D eigenvalue weighted by Gasteiger charge is 2.42. The van der Waals surface area contributed by atoms with Gasteiger partial charge in [0.25, 0.3) is 0 Å². The Labute approximate surface area is 463 Å². The number of rotatable bonds is 6. The van der Waals surface area contributed by atoms with Crippen molar-refractivity contribution in [1.82, 2.24) is 4.57 Å². The van der Waals surface area contributed by atoms with E-state index in [1.165, 1.54) is 144 Å². The summed E-state index contributed by atoms with van der Waals surface area (Å²) in [4.78, 5) is 5.18. The zero-order valence-electron chi connectivity index (χ0n) is 42.0. The molecule has 2 nitrogen and oxygen atoms in total. The third-order valence-corrected chi connectivity index (χ3v) is 19.8. The van der Waals surface area contributed by atoms with E-state index in [-0.39, 0.29) is 6.71 Å². The Hall–Kier alpha value is -8.91. The Bertz CT molecular complexity index is 4860. The average Bonchev–Trinajstić information content (AvgIpc) is 4.32. The van der Waals surface area contributed by atoms with Crippen molar-refractivity contribution < 1.29 is 0 Å². The first kappa shape index (κ1) is 44.2. The Kier molecular flexibility index (Phi) is 9.82. The highest BCUT2D eigenvalue weighted by atomic mass is 32.2. The molecule has 12 aromatic carbocycles. The first-order chi connectivity index (χ1) is 38.6. The maximum atomic E-state index is 2.61. The molecular formula is C72H43BN2S3. The lowest BCUT2D eigenvalue weighted by atomic mass is 9.34. The zero-order valence-corrected chi connectivity index (χ0v) is 44.5. The fourth-order valence-electron chi connectivity index (χ4n) is 12.8. The number of para-hydroxylation sites is 2. The van der Waals surface area contributed by atoms with E-state index in [1.54, 1.807) is 0 Å². The van der Waals surface area contributed by atoms with E-state index in [2.05, 4.69) is 270 Å². The summed E-state index contributed by atoms with van der Waals surface area (Å²) < 4.78 is 7.78. The standard InChI is InChI=1S/C72H43BN2S3/c1-3-15-44(16-4-1)50-35-51(45-17-5-2-6-18-45)37-52(36-50)75-64-40-48(46-29-33-68-58(38-46)56-21-9-13-25-66(56)76-68)27-31-60(64)73-61-32-28-49(47-30-34-69-59(39-47)57-22-10-14-26-67(57)77-69)41-70(61)78-71-43-53(42-65(75)72(71)73)74-62-23-11-7-19-54(62)55-20-8-12-24-63(55)74/h1-43H. The van der Waals surface area contributed by atoms with Crippen LogP contribution >= 0.6 is 34.4 Å². The summed E-state index contributed by atoms with van der Waals surface area (Å²) in [6.45, 7) is -0.0229. The van der Waals surface area contributed by atoms with Crippen LogP contribution in [0.25, 0.3) is 112 Å². The summed E-state index contributed by atoms with van der Waals surface area (Å²) in [5.41, 5.74) is 20.6. The van der Waals surface area contributed by atoms with Gasteiger partial charge in [0.2, 0.25) is 6.71 Å². The van der Waals surface area contributed by atoms with E-state index >= 15 is 0 Å². The molecule has 15 aromatic rings. The fraction of sp³-hybridized carbons (Fsp3) is 0. The van der Waals surface area contributed by atoms with Crippen LogP contribution in [0.5, 0.6) is 0 Å². The van der Waals surface area contributed by atoms with Crippen molar-refractivity contribution in [3.63, 3.8) is 0 Å². The summed E-state index contributed by atoms with van der Waals surface area (Å²) in [5.74, 6) is 0. The number of thiophene rings is 2. The molecular weight excluding hydrogens is 1000 g/mol. The number of benzene rings is 12. The van der Waals surface area contributed by atoms with Crippen LogP contribution in [-0.4, -0.2) is 11.3 Å². The van der Waals surface area contributed by atoms with Gasteiger partial charge in [-0.2, -0.15) is 0 Å². The summed E-state index contributed by atoms with van der Waals surface area (Å²) in [6.07, 6.45) is 0. The summed E-state index contributed by atoms with van der Waals surface area (Å²) in [7, 11) is 0.